The maximum atomic E-state index is 12.3. The van der Waals surface area contributed by atoms with Gasteiger partial charge >= 0.3 is 0 Å². The summed E-state index contributed by atoms with van der Waals surface area (Å²) in [4.78, 5) is 12.3. The second kappa shape index (κ2) is 5.73. The van der Waals surface area contributed by atoms with Crippen molar-refractivity contribution in [1.29, 1.82) is 5.26 Å². The molecule has 0 aliphatic heterocycles. The zero-order valence-electron chi connectivity index (χ0n) is 9.83. The zero-order valence-corrected chi connectivity index (χ0v) is 11.3. The first-order valence-electron chi connectivity index (χ1n) is 6.01. The molecular formula is C14H13Cl2NO. The van der Waals surface area contributed by atoms with Crippen LogP contribution in [0, 0.1) is 17.2 Å². The molecule has 1 aliphatic rings. The minimum Gasteiger partial charge on any atom is -0.298 e. The molecule has 1 fully saturated rings. The van der Waals surface area contributed by atoms with E-state index in [2.05, 4.69) is 6.07 Å². The Kier molecular flexibility index (Phi) is 4.27. The van der Waals surface area contributed by atoms with Gasteiger partial charge in [0.2, 0.25) is 0 Å². The molecule has 0 radical (unpaired) electrons. The molecule has 0 heterocycles. The first-order chi connectivity index (χ1) is 8.63. The van der Waals surface area contributed by atoms with Crippen LogP contribution in [0.1, 0.15) is 37.2 Å². The lowest BCUT2D eigenvalue weighted by molar-refractivity contribution is -0.123. The van der Waals surface area contributed by atoms with Gasteiger partial charge < -0.3 is 0 Å². The number of ketones is 1. The predicted octanol–water partition coefficient (Wildman–Crippen LogP) is 4.36. The van der Waals surface area contributed by atoms with Crippen molar-refractivity contribution in [2.75, 3.05) is 0 Å². The van der Waals surface area contributed by atoms with E-state index in [0.717, 1.165) is 25.7 Å². The maximum Gasteiger partial charge on any atom is 0.157 e. The molecule has 1 atom stereocenters. The molecular weight excluding hydrogens is 269 g/mol. The molecule has 0 amide bonds. The lowest BCUT2D eigenvalue weighted by Gasteiger charge is -2.14. The molecule has 18 heavy (non-hydrogen) atoms. The summed E-state index contributed by atoms with van der Waals surface area (Å²) in [6.07, 6.45) is 3.96. The van der Waals surface area contributed by atoms with Gasteiger partial charge in [0.25, 0.3) is 0 Å². The fourth-order valence-corrected chi connectivity index (χ4v) is 2.75. The summed E-state index contributed by atoms with van der Waals surface area (Å²) in [5, 5.41) is 10.0. The molecule has 0 N–H and O–H groups in total. The molecule has 94 valence electrons. The van der Waals surface area contributed by atoms with E-state index in [-0.39, 0.29) is 11.7 Å². The second-order valence-corrected chi connectivity index (χ2v) is 5.43. The van der Waals surface area contributed by atoms with Crippen LogP contribution >= 0.6 is 23.2 Å². The Hall–Kier alpha value is -1.04. The summed E-state index contributed by atoms with van der Waals surface area (Å²) < 4.78 is 0. The smallest absolute Gasteiger partial charge is 0.157 e. The van der Waals surface area contributed by atoms with E-state index in [0.29, 0.717) is 15.6 Å². The number of nitriles is 1. The Labute approximate surface area is 117 Å². The fourth-order valence-electron chi connectivity index (χ4n) is 2.44. The first-order valence-corrected chi connectivity index (χ1v) is 6.77. The molecule has 4 heteroatoms. The van der Waals surface area contributed by atoms with Gasteiger partial charge in [-0.1, -0.05) is 42.1 Å². The third-order valence-corrected chi connectivity index (χ3v) is 4.19. The number of rotatable bonds is 3. The molecule has 1 aromatic carbocycles. The highest BCUT2D eigenvalue weighted by atomic mass is 35.5. The Morgan fingerprint density at radius 2 is 1.94 bits per heavy atom. The summed E-state index contributed by atoms with van der Waals surface area (Å²) in [6, 6.07) is 7.04. The highest BCUT2D eigenvalue weighted by Crippen LogP contribution is 2.33. The monoisotopic (exact) mass is 281 g/mol. The van der Waals surface area contributed by atoms with E-state index in [9.17, 15) is 10.1 Å². The van der Waals surface area contributed by atoms with Crippen LogP contribution in [-0.4, -0.2) is 5.78 Å². The highest BCUT2D eigenvalue weighted by Gasteiger charge is 2.30. The average Bonchev–Trinajstić information content (AvgIpc) is 2.88. The summed E-state index contributed by atoms with van der Waals surface area (Å²) >= 11 is 11.8. The van der Waals surface area contributed by atoms with Gasteiger partial charge in [-0.25, -0.2) is 0 Å². The Morgan fingerprint density at radius 3 is 2.50 bits per heavy atom. The zero-order chi connectivity index (χ0) is 13.1. The van der Waals surface area contributed by atoms with Gasteiger partial charge in [-0.3, -0.25) is 4.79 Å². The predicted molar refractivity (Wildman–Crippen MR) is 71.8 cm³/mol. The van der Waals surface area contributed by atoms with Crippen molar-refractivity contribution in [1.82, 2.24) is 0 Å². The number of carbonyl (C=O) groups excluding carboxylic acids is 1. The Balaban J connectivity index is 2.25. The quantitative estimate of drug-likeness (QED) is 0.826. The Morgan fingerprint density at radius 1 is 1.28 bits per heavy atom. The number of nitrogens with zero attached hydrogens (tertiary/aromatic N) is 1. The lowest BCUT2D eigenvalue weighted by atomic mass is 9.87. The van der Waals surface area contributed by atoms with E-state index in [1.165, 1.54) is 0 Å². The van der Waals surface area contributed by atoms with Crippen LogP contribution < -0.4 is 0 Å². The second-order valence-electron chi connectivity index (χ2n) is 4.62. The van der Waals surface area contributed by atoms with Crippen LogP contribution in [0.5, 0.6) is 0 Å². The minimum atomic E-state index is -0.720. The molecule has 2 rings (SSSR count). The summed E-state index contributed by atoms with van der Waals surface area (Å²) in [5.74, 6) is -0.666. The molecule has 1 saturated carbocycles. The normalized spacial score (nSPS) is 17.4. The number of hydrogen-bond acceptors (Lipinski definition) is 2. The van der Waals surface area contributed by atoms with Crippen molar-refractivity contribution < 1.29 is 4.79 Å². The summed E-state index contributed by atoms with van der Waals surface area (Å²) in [7, 11) is 0. The summed E-state index contributed by atoms with van der Waals surface area (Å²) in [5.41, 5.74) is 0.642. The van der Waals surface area contributed by atoms with Crippen molar-refractivity contribution in [3.63, 3.8) is 0 Å². The molecule has 1 aliphatic carbocycles. The standard InChI is InChI=1S/C14H13Cl2NO/c15-12-6-5-10(7-13(12)16)11(8-17)14(18)9-3-1-2-4-9/h5-7,9,11H,1-4H2. The third kappa shape index (κ3) is 2.68. The molecule has 1 unspecified atom stereocenters. The molecule has 0 saturated heterocycles. The average molecular weight is 282 g/mol. The molecule has 0 aromatic heterocycles. The van der Waals surface area contributed by atoms with Crippen LogP contribution in [0.25, 0.3) is 0 Å². The van der Waals surface area contributed by atoms with E-state index >= 15 is 0 Å². The lowest BCUT2D eigenvalue weighted by Crippen LogP contribution is -2.19. The maximum absolute atomic E-state index is 12.3. The molecule has 0 bridgehead atoms. The molecule has 1 aromatic rings. The van der Waals surface area contributed by atoms with Crippen molar-refractivity contribution in [3.05, 3.63) is 33.8 Å². The molecule has 0 spiro atoms. The Bertz CT molecular complexity index is 501. The van der Waals surface area contributed by atoms with Crippen LogP contribution in [-0.2, 0) is 4.79 Å². The number of benzene rings is 1. The van der Waals surface area contributed by atoms with Gasteiger partial charge in [0.1, 0.15) is 5.92 Å². The van der Waals surface area contributed by atoms with Gasteiger partial charge in [-0.05, 0) is 30.5 Å². The SMILES string of the molecule is N#CC(C(=O)C1CCCC1)c1ccc(Cl)c(Cl)c1. The fraction of sp³-hybridized carbons (Fsp3) is 0.429. The van der Waals surface area contributed by atoms with Crippen LogP contribution in [0.3, 0.4) is 0 Å². The van der Waals surface area contributed by atoms with Crippen LogP contribution in [0.4, 0.5) is 0 Å². The van der Waals surface area contributed by atoms with Crippen molar-refractivity contribution in [3.8, 4) is 6.07 Å². The number of Topliss-reactive ketones (excluding diaryl/α,β-unsaturated/α-hetero) is 1. The number of halogens is 2. The largest absolute Gasteiger partial charge is 0.298 e. The van der Waals surface area contributed by atoms with Crippen molar-refractivity contribution >= 4 is 29.0 Å². The van der Waals surface area contributed by atoms with Crippen molar-refractivity contribution in [2.45, 2.75) is 31.6 Å². The van der Waals surface area contributed by atoms with E-state index < -0.39 is 5.92 Å². The third-order valence-electron chi connectivity index (χ3n) is 3.45. The van der Waals surface area contributed by atoms with Crippen molar-refractivity contribution in [2.24, 2.45) is 5.92 Å². The van der Waals surface area contributed by atoms with Gasteiger partial charge in [0.05, 0.1) is 16.1 Å². The van der Waals surface area contributed by atoms with Gasteiger partial charge in [0.15, 0.2) is 5.78 Å². The van der Waals surface area contributed by atoms with E-state index in [4.69, 9.17) is 23.2 Å². The minimum absolute atomic E-state index is 0.0217. The number of hydrogen-bond donors (Lipinski definition) is 0. The van der Waals surface area contributed by atoms with E-state index in [1.54, 1.807) is 18.2 Å². The topological polar surface area (TPSA) is 40.9 Å². The van der Waals surface area contributed by atoms with E-state index in [1.807, 2.05) is 0 Å². The van der Waals surface area contributed by atoms with Crippen LogP contribution in [0.2, 0.25) is 10.0 Å². The first kappa shape index (κ1) is 13.4. The van der Waals surface area contributed by atoms with Crippen LogP contribution in [0.15, 0.2) is 18.2 Å². The highest BCUT2D eigenvalue weighted by molar-refractivity contribution is 6.42. The van der Waals surface area contributed by atoms with Gasteiger partial charge in [0, 0.05) is 5.92 Å². The van der Waals surface area contributed by atoms with Gasteiger partial charge in [-0.2, -0.15) is 5.26 Å². The summed E-state index contributed by atoms with van der Waals surface area (Å²) in [6.45, 7) is 0. The molecule has 2 nitrogen and oxygen atoms in total. The number of carbonyl (C=O) groups is 1. The van der Waals surface area contributed by atoms with Gasteiger partial charge in [-0.15, -0.1) is 0 Å².